The molecule has 0 saturated heterocycles. The zero-order valence-electron chi connectivity index (χ0n) is 18.2. The quantitative estimate of drug-likeness (QED) is 0.168. The maximum absolute atomic E-state index is 5.67. The second-order valence-electron chi connectivity index (χ2n) is 7.74. The van der Waals surface area contributed by atoms with Crippen molar-refractivity contribution >= 4 is 0 Å². The Morgan fingerprint density at radius 3 is 1.69 bits per heavy atom. The molecule has 0 N–H and O–H groups in total. The van der Waals surface area contributed by atoms with E-state index in [-0.39, 0.29) is 0 Å². The van der Waals surface area contributed by atoms with Crippen LogP contribution in [0.15, 0.2) is 24.3 Å². The molecule has 0 spiro atoms. The van der Waals surface area contributed by atoms with Crippen molar-refractivity contribution in [3.05, 3.63) is 24.3 Å². The van der Waals surface area contributed by atoms with Crippen molar-refractivity contribution < 1.29 is 4.74 Å². The van der Waals surface area contributed by atoms with E-state index >= 15 is 0 Å². The van der Waals surface area contributed by atoms with Gasteiger partial charge in [0.25, 0.3) is 0 Å². The molecular weight excluding hydrogens is 318 g/mol. The van der Waals surface area contributed by atoms with Gasteiger partial charge < -0.3 is 9.64 Å². The maximum Gasteiger partial charge on any atom is 0.0478 e. The number of hydrogen-bond acceptors (Lipinski definition) is 2. The monoisotopic (exact) mass is 365 g/mol. The summed E-state index contributed by atoms with van der Waals surface area (Å²) in [5.74, 6) is 0. The zero-order chi connectivity index (χ0) is 19.1. The maximum atomic E-state index is 5.67. The third-order valence-corrected chi connectivity index (χ3v) is 4.66. The van der Waals surface area contributed by atoms with Gasteiger partial charge in [-0.25, -0.2) is 0 Å². The first-order valence-electron chi connectivity index (χ1n) is 11.3. The summed E-state index contributed by atoms with van der Waals surface area (Å²) in [6, 6.07) is 0. The Labute approximate surface area is 165 Å². The van der Waals surface area contributed by atoms with Crippen LogP contribution >= 0.6 is 0 Å². The number of allylic oxidation sites excluding steroid dienone is 4. The molecule has 154 valence electrons. The summed E-state index contributed by atoms with van der Waals surface area (Å²) in [5, 5.41) is 0. The number of hydrogen-bond donors (Lipinski definition) is 0. The number of rotatable bonds is 20. The average molecular weight is 366 g/mol. The van der Waals surface area contributed by atoms with Crippen molar-refractivity contribution in [3.63, 3.8) is 0 Å². The normalized spacial score (nSPS) is 12.2. The molecule has 0 fully saturated rings. The minimum absolute atomic E-state index is 0.916. The molecular formula is C24H47NO. The molecule has 0 amide bonds. The van der Waals surface area contributed by atoms with Crippen LogP contribution in [-0.2, 0) is 4.74 Å². The van der Waals surface area contributed by atoms with E-state index < -0.39 is 0 Å². The summed E-state index contributed by atoms with van der Waals surface area (Å²) in [4.78, 5) is 2.21. The summed E-state index contributed by atoms with van der Waals surface area (Å²) >= 11 is 0. The Balaban J connectivity index is 3.12. The van der Waals surface area contributed by atoms with E-state index in [4.69, 9.17) is 4.74 Å². The third kappa shape index (κ3) is 23.4. The van der Waals surface area contributed by atoms with Gasteiger partial charge in [0.2, 0.25) is 0 Å². The molecule has 0 aromatic rings. The second-order valence-corrected chi connectivity index (χ2v) is 7.74. The van der Waals surface area contributed by atoms with Gasteiger partial charge in [0, 0.05) is 13.2 Å². The van der Waals surface area contributed by atoms with Crippen LogP contribution in [0.3, 0.4) is 0 Å². The molecule has 0 aromatic carbocycles. The highest BCUT2D eigenvalue weighted by atomic mass is 16.5. The van der Waals surface area contributed by atoms with Crippen molar-refractivity contribution in [2.45, 2.75) is 96.8 Å². The topological polar surface area (TPSA) is 12.5 Å². The fraction of sp³-hybridized carbons (Fsp3) is 0.833. The van der Waals surface area contributed by atoms with E-state index in [0.29, 0.717) is 0 Å². The molecule has 0 rings (SSSR count). The molecule has 0 aromatic heterocycles. The molecule has 2 heteroatoms. The third-order valence-electron chi connectivity index (χ3n) is 4.66. The largest absolute Gasteiger partial charge is 0.381 e. The minimum atomic E-state index is 0.916. The van der Waals surface area contributed by atoms with E-state index in [1.807, 2.05) is 0 Å². The zero-order valence-corrected chi connectivity index (χ0v) is 18.2. The van der Waals surface area contributed by atoms with Crippen molar-refractivity contribution in [1.29, 1.82) is 0 Å². The highest BCUT2D eigenvalue weighted by Crippen LogP contribution is 2.09. The van der Waals surface area contributed by atoms with Crippen LogP contribution in [0.2, 0.25) is 0 Å². The van der Waals surface area contributed by atoms with Crippen LogP contribution in [0, 0.1) is 0 Å². The van der Waals surface area contributed by atoms with Crippen LogP contribution in [0.25, 0.3) is 0 Å². The van der Waals surface area contributed by atoms with E-state index in [2.05, 4.69) is 50.2 Å². The van der Waals surface area contributed by atoms with Gasteiger partial charge in [-0.15, -0.1) is 0 Å². The molecule has 26 heavy (non-hydrogen) atoms. The number of ether oxygens (including phenoxy) is 1. The van der Waals surface area contributed by atoms with E-state index in [0.717, 1.165) is 26.2 Å². The lowest BCUT2D eigenvalue weighted by atomic mass is 10.1. The van der Waals surface area contributed by atoms with Crippen LogP contribution in [0.5, 0.6) is 0 Å². The first-order valence-corrected chi connectivity index (χ1v) is 11.3. The molecule has 0 aliphatic rings. The Kier molecular flexibility index (Phi) is 21.9. The van der Waals surface area contributed by atoms with Gasteiger partial charge in [-0.3, -0.25) is 0 Å². The highest BCUT2D eigenvalue weighted by molar-refractivity contribution is 5.02. The molecule has 0 heterocycles. The summed E-state index contributed by atoms with van der Waals surface area (Å²) in [6.07, 6.45) is 27.6. The van der Waals surface area contributed by atoms with Crippen LogP contribution < -0.4 is 0 Å². The summed E-state index contributed by atoms with van der Waals surface area (Å²) < 4.78 is 5.67. The molecule has 0 aliphatic heterocycles. The van der Waals surface area contributed by atoms with Crippen molar-refractivity contribution in [2.24, 2.45) is 0 Å². The number of nitrogens with zero attached hydrogens (tertiary/aromatic N) is 1. The van der Waals surface area contributed by atoms with Gasteiger partial charge in [-0.1, -0.05) is 82.6 Å². The van der Waals surface area contributed by atoms with Crippen LogP contribution in [0.1, 0.15) is 96.8 Å². The fourth-order valence-electron chi connectivity index (χ4n) is 2.97. The minimum Gasteiger partial charge on any atom is -0.381 e. The van der Waals surface area contributed by atoms with Gasteiger partial charge >= 0.3 is 0 Å². The Bertz CT molecular complexity index is 309. The van der Waals surface area contributed by atoms with Crippen molar-refractivity contribution in [1.82, 2.24) is 4.90 Å². The summed E-state index contributed by atoms with van der Waals surface area (Å²) in [5.41, 5.74) is 0. The van der Waals surface area contributed by atoms with E-state index in [1.165, 1.54) is 83.5 Å². The first-order chi connectivity index (χ1) is 12.8. The fourth-order valence-corrected chi connectivity index (χ4v) is 2.97. The smallest absolute Gasteiger partial charge is 0.0478 e. The Hall–Kier alpha value is -0.600. The van der Waals surface area contributed by atoms with Crippen molar-refractivity contribution in [2.75, 3.05) is 33.9 Å². The summed E-state index contributed by atoms with van der Waals surface area (Å²) in [7, 11) is 4.23. The van der Waals surface area contributed by atoms with Crippen molar-refractivity contribution in [3.8, 4) is 0 Å². The van der Waals surface area contributed by atoms with Gasteiger partial charge in [-0.2, -0.15) is 0 Å². The summed E-state index contributed by atoms with van der Waals surface area (Å²) in [6.45, 7) is 5.26. The predicted molar refractivity (Wildman–Crippen MR) is 118 cm³/mol. The van der Waals surface area contributed by atoms with Gasteiger partial charge in [0.15, 0.2) is 0 Å². The second kappa shape index (κ2) is 22.4. The lowest BCUT2D eigenvalue weighted by Crippen LogP contribution is -2.14. The van der Waals surface area contributed by atoms with Gasteiger partial charge in [0.1, 0.15) is 0 Å². The highest BCUT2D eigenvalue weighted by Gasteiger charge is 1.94. The molecule has 0 atom stereocenters. The molecule has 0 bridgehead atoms. The SMILES string of the molecule is CCCCCCC=CC=CCCCCCCCCCOCCCN(C)C. The average Bonchev–Trinajstić information content (AvgIpc) is 2.62. The molecule has 0 saturated carbocycles. The molecule has 2 nitrogen and oxygen atoms in total. The van der Waals surface area contributed by atoms with E-state index in [9.17, 15) is 0 Å². The Morgan fingerprint density at radius 1 is 0.615 bits per heavy atom. The lowest BCUT2D eigenvalue weighted by molar-refractivity contribution is 0.122. The molecule has 0 aliphatic carbocycles. The van der Waals surface area contributed by atoms with Gasteiger partial charge in [0.05, 0.1) is 0 Å². The standard InChI is InChI=1S/C24H47NO/c1-4-5-6-7-8-9-10-11-12-13-14-15-16-17-18-19-20-23-26-24-21-22-25(2)3/h9-12H,4-8,13-24H2,1-3H3. The lowest BCUT2D eigenvalue weighted by Gasteiger charge is -2.09. The molecule has 0 unspecified atom stereocenters. The predicted octanol–water partition coefficient (Wildman–Crippen LogP) is 7.16. The van der Waals surface area contributed by atoms with Crippen LogP contribution in [0.4, 0.5) is 0 Å². The van der Waals surface area contributed by atoms with E-state index in [1.54, 1.807) is 0 Å². The first kappa shape index (κ1) is 25.4. The Morgan fingerprint density at radius 2 is 1.12 bits per heavy atom. The van der Waals surface area contributed by atoms with Crippen LogP contribution in [-0.4, -0.2) is 38.8 Å². The molecule has 0 radical (unpaired) electrons. The number of unbranched alkanes of at least 4 members (excludes halogenated alkanes) is 11. The van der Waals surface area contributed by atoms with Gasteiger partial charge in [-0.05, 0) is 59.2 Å².